The summed E-state index contributed by atoms with van der Waals surface area (Å²) in [4.78, 5) is 72.8. The number of hydrogen-bond donors (Lipinski definition) is 3. The van der Waals surface area contributed by atoms with E-state index in [1.807, 2.05) is 0 Å². The number of aliphatic hydroxyl groups excluding tert-OH is 1. The van der Waals surface area contributed by atoms with Crippen LogP contribution in [0.3, 0.4) is 0 Å². The highest BCUT2D eigenvalue weighted by atomic mass is 31.2. The summed E-state index contributed by atoms with van der Waals surface area (Å²) in [6.07, 6.45) is 50.0. The van der Waals surface area contributed by atoms with Crippen molar-refractivity contribution in [3.63, 3.8) is 0 Å². The minimum atomic E-state index is -4.96. The van der Waals surface area contributed by atoms with E-state index in [9.17, 15) is 43.2 Å². The van der Waals surface area contributed by atoms with Crippen molar-refractivity contribution in [3.8, 4) is 0 Å². The number of esters is 4. The number of carbonyl (C=O) groups excluding carboxylic acids is 4. The highest BCUT2D eigenvalue weighted by Gasteiger charge is 2.30. The lowest BCUT2D eigenvalue weighted by molar-refractivity contribution is -0.161. The zero-order chi connectivity index (χ0) is 70.3. The van der Waals surface area contributed by atoms with Crippen molar-refractivity contribution >= 4 is 39.5 Å². The second-order valence-corrected chi connectivity index (χ2v) is 32.0. The number of carbonyl (C=O) groups is 4. The minimum Gasteiger partial charge on any atom is -0.462 e. The van der Waals surface area contributed by atoms with E-state index in [0.717, 1.165) is 120 Å². The highest BCUT2D eigenvalue weighted by molar-refractivity contribution is 7.47. The standard InChI is InChI=1S/C76H148O17P2/c1-9-69(8)55-47-39-34-35-41-49-57-74(79)87-63-72(93-75(80)58-50-42-32-26-17-15-13-11-10-12-14-16-22-28-36-44-52-66(2)3)65-91-95(84,85)89-61-70(77)60-88-94(82,83)90-64-71(92-76(81)59-51-43-33-27-21-19-24-30-38-46-54-68(6)7)62-86-73(78)56-48-40-31-25-20-18-23-29-37-45-53-67(4)5/h66-72,77H,9-65H2,1-8H3,(H,82,83)(H,84,85)/t69?,70-,71-,72-/m1/s1. The maximum absolute atomic E-state index is 13.1. The molecule has 0 aromatic heterocycles. The zero-order valence-electron chi connectivity index (χ0n) is 62.3. The molecule has 0 heterocycles. The van der Waals surface area contributed by atoms with E-state index >= 15 is 0 Å². The van der Waals surface area contributed by atoms with Gasteiger partial charge in [0.15, 0.2) is 12.2 Å². The summed E-state index contributed by atoms with van der Waals surface area (Å²) < 4.78 is 68.5. The SMILES string of the molecule is CCC(C)CCCCCCCCC(=O)OC[C@H](COP(=O)(O)OC[C@H](O)COP(=O)(O)OC[C@@H](COC(=O)CCCCCCCCCCCCC(C)C)OC(=O)CCCCCCCCCCCCC(C)C)OC(=O)CCCCCCCCCCCCCCCCCCC(C)C. The van der Waals surface area contributed by atoms with Gasteiger partial charge in [-0.05, 0) is 49.4 Å². The van der Waals surface area contributed by atoms with Crippen LogP contribution >= 0.6 is 15.6 Å². The molecule has 0 rings (SSSR count). The molecule has 3 N–H and O–H groups in total. The number of ether oxygens (including phenoxy) is 4. The quantitative estimate of drug-likeness (QED) is 0.0222. The van der Waals surface area contributed by atoms with E-state index in [2.05, 4.69) is 55.4 Å². The molecular formula is C76H148O17P2. The van der Waals surface area contributed by atoms with Gasteiger partial charge in [0.2, 0.25) is 0 Å². The molecule has 17 nitrogen and oxygen atoms in total. The topological polar surface area (TPSA) is 237 Å². The normalized spacial score (nSPS) is 14.4. The summed E-state index contributed by atoms with van der Waals surface area (Å²) in [5.74, 6) is 0.929. The van der Waals surface area contributed by atoms with Gasteiger partial charge in [-0.1, -0.05) is 331 Å². The van der Waals surface area contributed by atoms with Gasteiger partial charge >= 0.3 is 39.5 Å². The number of aliphatic hydroxyl groups is 1. The molecule has 0 radical (unpaired) electrons. The van der Waals surface area contributed by atoms with Crippen LogP contribution < -0.4 is 0 Å². The largest absolute Gasteiger partial charge is 0.472 e. The summed E-state index contributed by atoms with van der Waals surface area (Å²) in [5, 5.41) is 10.6. The Morgan fingerprint density at radius 3 is 0.747 bits per heavy atom. The highest BCUT2D eigenvalue weighted by Crippen LogP contribution is 2.45. The molecule has 19 heteroatoms. The third-order valence-electron chi connectivity index (χ3n) is 17.9. The molecule has 0 bridgehead atoms. The first-order valence-corrected chi connectivity index (χ1v) is 42.2. The molecule has 3 unspecified atom stereocenters. The molecule has 95 heavy (non-hydrogen) atoms. The van der Waals surface area contributed by atoms with Gasteiger partial charge in [0, 0.05) is 25.7 Å². The fourth-order valence-electron chi connectivity index (χ4n) is 11.5. The van der Waals surface area contributed by atoms with Crippen molar-refractivity contribution in [2.24, 2.45) is 23.7 Å². The van der Waals surface area contributed by atoms with E-state index in [1.165, 1.54) is 180 Å². The number of unbranched alkanes of at least 4 members (excludes halogenated alkanes) is 38. The van der Waals surface area contributed by atoms with E-state index in [0.29, 0.717) is 25.7 Å². The molecule has 6 atom stereocenters. The monoisotopic (exact) mass is 1400 g/mol. The second kappa shape index (κ2) is 65.4. The Hall–Kier alpha value is -1.94. The first-order chi connectivity index (χ1) is 45.6. The van der Waals surface area contributed by atoms with Gasteiger partial charge in [0.1, 0.15) is 19.3 Å². The Labute approximate surface area is 581 Å². The van der Waals surface area contributed by atoms with Crippen LogP contribution in [0, 0.1) is 23.7 Å². The van der Waals surface area contributed by atoms with Crippen LogP contribution in [0.4, 0.5) is 0 Å². The van der Waals surface area contributed by atoms with Crippen molar-refractivity contribution in [3.05, 3.63) is 0 Å². The molecule has 0 saturated carbocycles. The van der Waals surface area contributed by atoms with Crippen LogP contribution in [0.25, 0.3) is 0 Å². The summed E-state index contributed by atoms with van der Waals surface area (Å²) in [7, 11) is -9.91. The van der Waals surface area contributed by atoms with Crippen LogP contribution in [0.2, 0.25) is 0 Å². The van der Waals surface area contributed by atoms with Crippen LogP contribution in [-0.2, 0) is 65.4 Å². The molecule has 0 aliphatic heterocycles. The van der Waals surface area contributed by atoms with Crippen molar-refractivity contribution in [2.45, 2.75) is 401 Å². The van der Waals surface area contributed by atoms with Crippen LogP contribution in [0.1, 0.15) is 383 Å². The van der Waals surface area contributed by atoms with Gasteiger partial charge in [-0.25, -0.2) is 9.13 Å². The molecule has 0 amide bonds. The fourth-order valence-corrected chi connectivity index (χ4v) is 13.1. The average Bonchev–Trinajstić information content (AvgIpc) is 2.06. The maximum Gasteiger partial charge on any atom is 0.472 e. The molecule has 0 aromatic carbocycles. The number of phosphoric acid groups is 2. The Bertz CT molecular complexity index is 1870. The molecule has 0 spiro atoms. The van der Waals surface area contributed by atoms with Gasteiger partial charge in [0.25, 0.3) is 0 Å². The van der Waals surface area contributed by atoms with E-state index in [4.69, 9.17) is 37.0 Å². The Balaban J connectivity index is 5.23. The van der Waals surface area contributed by atoms with Crippen molar-refractivity contribution in [1.82, 2.24) is 0 Å². The molecule has 0 saturated heterocycles. The zero-order valence-corrected chi connectivity index (χ0v) is 64.1. The first-order valence-electron chi connectivity index (χ1n) is 39.2. The smallest absolute Gasteiger partial charge is 0.462 e. The Morgan fingerprint density at radius 1 is 0.295 bits per heavy atom. The van der Waals surface area contributed by atoms with E-state index in [-0.39, 0.29) is 25.7 Å². The fraction of sp³-hybridized carbons (Fsp3) is 0.947. The van der Waals surface area contributed by atoms with E-state index < -0.39 is 97.5 Å². The first kappa shape index (κ1) is 93.1. The number of rotatable bonds is 73. The predicted octanol–water partition coefficient (Wildman–Crippen LogP) is 22.0. The Morgan fingerprint density at radius 2 is 0.505 bits per heavy atom. The summed E-state index contributed by atoms with van der Waals surface area (Å²) in [6.45, 7) is 14.2. The molecule has 0 aliphatic carbocycles. The van der Waals surface area contributed by atoms with Crippen LogP contribution in [-0.4, -0.2) is 96.7 Å². The average molecular weight is 1400 g/mol. The lowest BCUT2D eigenvalue weighted by Gasteiger charge is -2.21. The van der Waals surface area contributed by atoms with Crippen LogP contribution in [0.15, 0.2) is 0 Å². The predicted molar refractivity (Wildman–Crippen MR) is 386 cm³/mol. The summed E-state index contributed by atoms with van der Waals surface area (Å²) in [6, 6.07) is 0. The van der Waals surface area contributed by atoms with E-state index in [1.54, 1.807) is 0 Å². The number of hydrogen-bond acceptors (Lipinski definition) is 15. The third kappa shape index (κ3) is 69.0. The van der Waals surface area contributed by atoms with Gasteiger partial charge in [-0.15, -0.1) is 0 Å². The van der Waals surface area contributed by atoms with Gasteiger partial charge in [0.05, 0.1) is 26.4 Å². The maximum atomic E-state index is 13.1. The van der Waals surface area contributed by atoms with Crippen molar-refractivity contribution in [2.75, 3.05) is 39.6 Å². The van der Waals surface area contributed by atoms with Crippen LogP contribution in [0.5, 0.6) is 0 Å². The molecular weight excluding hydrogens is 1250 g/mol. The summed E-state index contributed by atoms with van der Waals surface area (Å²) in [5.41, 5.74) is 0. The van der Waals surface area contributed by atoms with Gasteiger partial charge < -0.3 is 33.8 Å². The second-order valence-electron chi connectivity index (χ2n) is 29.1. The van der Waals surface area contributed by atoms with Gasteiger partial charge in [-0.2, -0.15) is 0 Å². The minimum absolute atomic E-state index is 0.105. The summed E-state index contributed by atoms with van der Waals surface area (Å²) >= 11 is 0. The number of phosphoric ester groups is 2. The molecule has 0 fully saturated rings. The van der Waals surface area contributed by atoms with Gasteiger partial charge in [-0.3, -0.25) is 37.3 Å². The molecule has 0 aliphatic rings. The molecule has 564 valence electrons. The lowest BCUT2D eigenvalue weighted by Crippen LogP contribution is -2.30. The lowest BCUT2D eigenvalue weighted by atomic mass is 10.00. The van der Waals surface area contributed by atoms with Crippen molar-refractivity contribution in [1.29, 1.82) is 0 Å². The van der Waals surface area contributed by atoms with Crippen molar-refractivity contribution < 1.29 is 80.2 Å². The third-order valence-corrected chi connectivity index (χ3v) is 19.8. The molecule has 0 aromatic rings. The Kier molecular flexibility index (Phi) is 64.0.